The Balaban J connectivity index is 3.65. The number of quaternary nitrogens is 1. The minimum absolute atomic E-state index is 0.139. The molecule has 0 bridgehead atoms. The molecule has 0 spiro atoms. The molecule has 0 unspecified atom stereocenters. The number of rotatable bonds is 7. The highest BCUT2D eigenvalue weighted by Gasteiger charge is 2.18. The van der Waals surface area contributed by atoms with Crippen LogP contribution in [0, 0.1) is 0 Å². The van der Waals surface area contributed by atoms with Gasteiger partial charge in [-0.3, -0.25) is 0 Å². The first-order valence-electron chi connectivity index (χ1n) is 4.87. The zero-order chi connectivity index (χ0) is 11.2. The van der Waals surface area contributed by atoms with E-state index in [1.54, 1.807) is 6.92 Å². The number of Topliss-reactive ketones (excluding diaryl/α,β-unsaturated/α-hetero) is 1. The van der Waals surface area contributed by atoms with E-state index in [1.165, 1.54) is 0 Å². The van der Waals surface area contributed by atoms with Crippen LogP contribution in [0.1, 0.15) is 26.2 Å². The number of hydrogen-bond acceptors (Lipinski definition) is 2. The number of carboxylic acids is 1. The number of likely N-dealkylation sites (N-methyl/N-ethyl adjacent to an activating group) is 1. The second-order valence-corrected chi connectivity index (χ2v) is 4.37. The summed E-state index contributed by atoms with van der Waals surface area (Å²) in [6.07, 6.45) is 2.36. The molecule has 0 fully saturated rings. The van der Waals surface area contributed by atoms with E-state index in [0.29, 0.717) is 10.9 Å². The van der Waals surface area contributed by atoms with E-state index >= 15 is 0 Å². The van der Waals surface area contributed by atoms with Crippen molar-refractivity contribution in [2.45, 2.75) is 26.2 Å². The first-order valence-corrected chi connectivity index (χ1v) is 4.87. The lowest BCUT2D eigenvalue weighted by Gasteiger charge is -2.27. The van der Waals surface area contributed by atoms with Crippen molar-refractivity contribution in [1.82, 2.24) is 0 Å². The Morgan fingerprint density at radius 3 is 2.21 bits per heavy atom. The van der Waals surface area contributed by atoms with E-state index in [4.69, 9.17) is 5.11 Å². The van der Waals surface area contributed by atoms with Crippen molar-refractivity contribution in [2.75, 3.05) is 27.2 Å². The highest BCUT2D eigenvalue weighted by Crippen LogP contribution is 2.03. The minimum atomic E-state index is -0.776. The number of hydrogen-bond donors (Lipinski definition) is 1. The van der Waals surface area contributed by atoms with Crippen LogP contribution < -0.4 is 0 Å². The van der Waals surface area contributed by atoms with Crippen molar-refractivity contribution in [3.63, 3.8) is 0 Å². The second-order valence-electron chi connectivity index (χ2n) is 4.37. The summed E-state index contributed by atoms with van der Waals surface area (Å²) in [5.74, 6) is -0.574. The molecule has 0 heterocycles. The summed E-state index contributed by atoms with van der Waals surface area (Å²) in [5.41, 5.74) is 0. The molecular formula is C10H20NO3+. The lowest BCUT2D eigenvalue weighted by Crippen LogP contribution is -2.44. The number of nitrogens with zero attached hydrogens (tertiary/aromatic N) is 1. The molecule has 0 aromatic carbocycles. The molecule has 0 rings (SSSR count). The van der Waals surface area contributed by atoms with E-state index in [1.807, 2.05) is 14.1 Å². The van der Waals surface area contributed by atoms with E-state index in [2.05, 4.69) is 0 Å². The van der Waals surface area contributed by atoms with Crippen molar-refractivity contribution < 1.29 is 19.2 Å². The van der Waals surface area contributed by atoms with Gasteiger partial charge in [0, 0.05) is 6.42 Å². The van der Waals surface area contributed by atoms with Crippen LogP contribution in [0.4, 0.5) is 0 Å². The summed E-state index contributed by atoms with van der Waals surface area (Å²) < 4.78 is 0.479. The van der Waals surface area contributed by atoms with Gasteiger partial charge in [0.1, 0.15) is 5.78 Å². The average molecular weight is 202 g/mol. The first-order chi connectivity index (χ1) is 6.33. The minimum Gasteiger partial charge on any atom is -0.477 e. The molecule has 1 N–H and O–H groups in total. The van der Waals surface area contributed by atoms with Crippen molar-refractivity contribution >= 4 is 11.8 Å². The molecule has 4 nitrogen and oxygen atoms in total. The van der Waals surface area contributed by atoms with Gasteiger partial charge in [-0.2, -0.15) is 0 Å². The molecule has 0 radical (unpaired) electrons. The van der Waals surface area contributed by atoms with Gasteiger partial charge >= 0.3 is 5.97 Å². The Labute approximate surface area is 85.1 Å². The fourth-order valence-corrected chi connectivity index (χ4v) is 1.36. The van der Waals surface area contributed by atoms with Crippen LogP contribution in [0.5, 0.6) is 0 Å². The van der Waals surface area contributed by atoms with Gasteiger partial charge in [-0.25, -0.2) is 4.79 Å². The lowest BCUT2D eigenvalue weighted by atomic mass is 10.2. The number of unbranched alkanes of at least 4 members (excludes halogenated alkanes) is 1. The number of carbonyl (C=O) groups excluding carboxylic acids is 1. The van der Waals surface area contributed by atoms with Crippen molar-refractivity contribution in [3.05, 3.63) is 0 Å². The smallest absolute Gasteiger partial charge is 0.359 e. The zero-order valence-electron chi connectivity index (χ0n) is 9.25. The number of carbonyl (C=O) groups is 2. The summed E-state index contributed by atoms with van der Waals surface area (Å²) in [4.78, 5) is 21.1. The molecule has 0 aliphatic heterocycles. The van der Waals surface area contributed by atoms with Crippen LogP contribution in [0.3, 0.4) is 0 Å². The predicted molar refractivity (Wildman–Crippen MR) is 54.0 cm³/mol. The monoisotopic (exact) mass is 202 g/mol. The zero-order valence-corrected chi connectivity index (χ0v) is 9.25. The van der Waals surface area contributed by atoms with Crippen LogP contribution >= 0.6 is 0 Å². The molecule has 0 aliphatic carbocycles. The molecule has 82 valence electrons. The molecule has 0 saturated carbocycles. The molecule has 0 amide bonds. The largest absolute Gasteiger partial charge is 0.477 e. The summed E-state index contributed by atoms with van der Waals surface area (Å²) in [7, 11) is 3.78. The Bertz CT molecular complexity index is 211. The van der Waals surface area contributed by atoms with Crippen molar-refractivity contribution in [2.24, 2.45) is 0 Å². The third-order valence-corrected chi connectivity index (χ3v) is 2.11. The molecular weight excluding hydrogens is 182 g/mol. The maximum Gasteiger partial charge on any atom is 0.359 e. The molecule has 0 aliphatic rings. The van der Waals surface area contributed by atoms with E-state index < -0.39 is 5.97 Å². The summed E-state index contributed by atoms with van der Waals surface area (Å²) in [5, 5.41) is 8.62. The normalized spacial score (nSPS) is 11.4. The quantitative estimate of drug-likeness (QED) is 0.493. The van der Waals surface area contributed by atoms with Gasteiger partial charge in [0.05, 0.1) is 20.6 Å². The first kappa shape index (κ1) is 13.1. The van der Waals surface area contributed by atoms with Gasteiger partial charge in [0.15, 0.2) is 6.54 Å². The number of ketones is 1. The van der Waals surface area contributed by atoms with Crippen LogP contribution in [0.25, 0.3) is 0 Å². The summed E-state index contributed by atoms with van der Waals surface area (Å²) >= 11 is 0. The third kappa shape index (κ3) is 7.73. The third-order valence-electron chi connectivity index (χ3n) is 2.11. The topological polar surface area (TPSA) is 54.4 Å². The standard InChI is InChI=1S/C10H19NO3/c1-9(12)6-4-5-7-11(2,3)8-10(13)14/h4-8H2,1-3H3/p+1. The summed E-state index contributed by atoms with van der Waals surface area (Å²) in [6.45, 7) is 2.52. The fourth-order valence-electron chi connectivity index (χ4n) is 1.36. The molecule has 0 aromatic rings. The van der Waals surface area contributed by atoms with Gasteiger partial charge < -0.3 is 14.4 Å². The van der Waals surface area contributed by atoms with E-state index in [0.717, 1.165) is 19.4 Å². The van der Waals surface area contributed by atoms with Gasteiger partial charge in [-0.1, -0.05) is 0 Å². The average Bonchev–Trinajstić information content (AvgIpc) is 1.95. The van der Waals surface area contributed by atoms with Crippen LogP contribution in [0.15, 0.2) is 0 Å². The molecule has 14 heavy (non-hydrogen) atoms. The molecule has 0 atom stereocenters. The maximum absolute atomic E-state index is 10.6. The van der Waals surface area contributed by atoms with Crippen molar-refractivity contribution in [1.29, 1.82) is 0 Å². The van der Waals surface area contributed by atoms with E-state index in [-0.39, 0.29) is 12.3 Å². The molecule has 0 saturated heterocycles. The Kier molecular flexibility index (Phi) is 5.38. The van der Waals surface area contributed by atoms with Gasteiger partial charge in [0.25, 0.3) is 0 Å². The summed E-state index contributed by atoms with van der Waals surface area (Å²) in [6, 6.07) is 0. The second kappa shape index (κ2) is 5.75. The van der Waals surface area contributed by atoms with Gasteiger partial charge in [-0.15, -0.1) is 0 Å². The Hall–Kier alpha value is -0.900. The number of carboxylic acid groups (broad SMARTS) is 1. The Morgan fingerprint density at radius 2 is 1.79 bits per heavy atom. The highest BCUT2D eigenvalue weighted by molar-refractivity contribution is 5.75. The van der Waals surface area contributed by atoms with Crippen molar-refractivity contribution in [3.8, 4) is 0 Å². The van der Waals surface area contributed by atoms with Gasteiger partial charge in [0.2, 0.25) is 0 Å². The predicted octanol–water partition coefficient (Wildman–Crippen LogP) is 0.907. The molecule has 4 heteroatoms. The van der Waals surface area contributed by atoms with Gasteiger partial charge in [-0.05, 0) is 19.8 Å². The van der Waals surface area contributed by atoms with Crippen LogP contribution in [-0.2, 0) is 9.59 Å². The number of aliphatic carboxylic acids is 1. The van der Waals surface area contributed by atoms with Crippen LogP contribution in [0.2, 0.25) is 0 Å². The highest BCUT2D eigenvalue weighted by atomic mass is 16.4. The fraction of sp³-hybridized carbons (Fsp3) is 0.800. The maximum atomic E-state index is 10.6. The SMILES string of the molecule is CC(=O)CCCC[N+](C)(C)CC(=O)O. The van der Waals surface area contributed by atoms with Crippen LogP contribution in [-0.4, -0.2) is 48.5 Å². The molecule has 0 aromatic heterocycles. The van der Waals surface area contributed by atoms with E-state index in [9.17, 15) is 9.59 Å². The Morgan fingerprint density at radius 1 is 1.21 bits per heavy atom. The lowest BCUT2D eigenvalue weighted by molar-refractivity contribution is -0.883.